The van der Waals surface area contributed by atoms with Gasteiger partial charge in [0, 0.05) is 24.5 Å². The van der Waals surface area contributed by atoms with Gasteiger partial charge in [0.1, 0.15) is 5.65 Å². The van der Waals surface area contributed by atoms with Crippen LogP contribution in [-0.2, 0) is 22.1 Å². The second-order valence-electron chi connectivity index (χ2n) is 4.20. The van der Waals surface area contributed by atoms with Crippen LogP contribution in [0.3, 0.4) is 0 Å². The lowest BCUT2D eigenvalue weighted by Crippen LogP contribution is -2.08. The zero-order chi connectivity index (χ0) is 14.8. The molecule has 0 amide bonds. The second kappa shape index (κ2) is 5.52. The molecule has 2 heterocycles. The van der Waals surface area contributed by atoms with E-state index in [0.29, 0.717) is 11.3 Å². The van der Waals surface area contributed by atoms with E-state index < -0.39 is 11.7 Å². The van der Waals surface area contributed by atoms with Crippen LogP contribution in [0.25, 0.3) is 5.65 Å². The molecule has 2 rings (SSSR count). The summed E-state index contributed by atoms with van der Waals surface area (Å²) in [6, 6.07) is 2.29. The van der Waals surface area contributed by atoms with Crippen molar-refractivity contribution >= 4 is 11.6 Å². The van der Waals surface area contributed by atoms with Crippen LogP contribution in [0.4, 0.5) is 13.2 Å². The number of alkyl halides is 3. The average molecular weight is 286 g/mol. The Morgan fingerprint density at radius 2 is 2.15 bits per heavy atom. The van der Waals surface area contributed by atoms with Crippen LogP contribution in [-0.4, -0.2) is 22.0 Å². The Labute approximate surface area is 113 Å². The first-order chi connectivity index (χ1) is 9.41. The predicted molar refractivity (Wildman–Crippen MR) is 65.1 cm³/mol. The minimum atomic E-state index is -4.41. The van der Waals surface area contributed by atoms with Crippen molar-refractivity contribution in [2.75, 3.05) is 6.61 Å². The first-order valence-corrected chi connectivity index (χ1v) is 6.10. The molecule has 0 aliphatic carbocycles. The maximum absolute atomic E-state index is 12.7. The summed E-state index contributed by atoms with van der Waals surface area (Å²) >= 11 is 0. The van der Waals surface area contributed by atoms with Crippen molar-refractivity contribution in [3.63, 3.8) is 0 Å². The third-order valence-electron chi connectivity index (χ3n) is 2.80. The molecule has 0 atom stereocenters. The number of aromatic nitrogens is 2. The first kappa shape index (κ1) is 14.4. The Kier molecular flexibility index (Phi) is 3.96. The van der Waals surface area contributed by atoms with Crippen LogP contribution in [0.2, 0.25) is 0 Å². The molecule has 7 heteroatoms. The minimum absolute atomic E-state index is 0.109. The van der Waals surface area contributed by atoms with E-state index in [-0.39, 0.29) is 25.4 Å². The molecule has 0 aliphatic rings. The van der Waals surface area contributed by atoms with E-state index in [1.54, 1.807) is 6.92 Å². The molecule has 0 aromatic carbocycles. The molecule has 2 aromatic heterocycles. The van der Waals surface area contributed by atoms with E-state index in [1.165, 1.54) is 16.7 Å². The van der Waals surface area contributed by atoms with Crippen LogP contribution in [0.1, 0.15) is 24.6 Å². The highest BCUT2D eigenvalue weighted by molar-refractivity contribution is 5.69. The Bertz CT molecular complexity index is 620. The molecular weight excluding hydrogens is 273 g/mol. The quantitative estimate of drug-likeness (QED) is 0.812. The van der Waals surface area contributed by atoms with E-state index >= 15 is 0 Å². The van der Waals surface area contributed by atoms with E-state index in [4.69, 9.17) is 4.74 Å². The minimum Gasteiger partial charge on any atom is -0.466 e. The lowest BCUT2D eigenvalue weighted by Gasteiger charge is -2.08. The monoisotopic (exact) mass is 286 g/mol. The van der Waals surface area contributed by atoms with Crippen molar-refractivity contribution in [3.8, 4) is 0 Å². The predicted octanol–water partition coefficient (Wildman–Crippen LogP) is 2.85. The van der Waals surface area contributed by atoms with Gasteiger partial charge in [-0.2, -0.15) is 13.2 Å². The molecule has 108 valence electrons. The maximum atomic E-state index is 12.7. The van der Waals surface area contributed by atoms with Crippen molar-refractivity contribution in [2.45, 2.75) is 25.9 Å². The normalized spacial score (nSPS) is 11.8. The molecule has 0 saturated heterocycles. The standard InChI is InChI=1S/C13H13F3N2O2/c1-2-20-12(19)6-4-10-7-17-11-5-3-9(8-18(10)11)13(14,15)16/h3,5,7-8H,2,4,6H2,1H3. The lowest BCUT2D eigenvalue weighted by molar-refractivity contribution is -0.143. The highest BCUT2D eigenvalue weighted by atomic mass is 19.4. The highest BCUT2D eigenvalue weighted by Gasteiger charge is 2.31. The number of halogens is 3. The van der Waals surface area contributed by atoms with E-state index in [0.717, 1.165) is 12.3 Å². The van der Waals surface area contributed by atoms with Gasteiger partial charge in [0.2, 0.25) is 0 Å². The molecule has 0 N–H and O–H groups in total. The van der Waals surface area contributed by atoms with Crippen LogP contribution in [0.15, 0.2) is 24.5 Å². The molecule has 2 aromatic rings. The zero-order valence-corrected chi connectivity index (χ0v) is 10.8. The van der Waals surface area contributed by atoms with Crippen molar-refractivity contribution in [1.82, 2.24) is 9.38 Å². The van der Waals surface area contributed by atoms with Crippen LogP contribution in [0.5, 0.6) is 0 Å². The summed E-state index contributed by atoms with van der Waals surface area (Å²) in [6.45, 7) is 1.98. The van der Waals surface area contributed by atoms with Gasteiger partial charge in [-0.25, -0.2) is 4.98 Å². The molecule has 0 radical (unpaired) electrons. The van der Waals surface area contributed by atoms with Gasteiger partial charge in [0.25, 0.3) is 0 Å². The number of imidazole rings is 1. The third-order valence-corrected chi connectivity index (χ3v) is 2.80. The van der Waals surface area contributed by atoms with Crippen LogP contribution >= 0.6 is 0 Å². The molecule has 0 saturated carbocycles. The molecule has 20 heavy (non-hydrogen) atoms. The second-order valence-corrected chi connectivity index (χ2v) is 4.20. The summed E-state index contributed by atoms with van der Waals surface area (Å²) in [6.07, 6.45) is -1.56. The van der Waals surface area contributed by atoms with Crippen molar-refractivity contribution in [1.29, 1.82) is 0 Å². The van der Waals surface area contributed by atoms with Gasteiger partial charge in [-0.15, -0.1) is 0 Å². The number of carbonyl (C=O) groups is 1. The van der Waals surface area contributed by atoms with Gasteiger partial charge in [0.15, 0.2) is 0 Å². The fourth-order valence-corrected chi connectivity index (χ4v) is 1.85. The largest absolute Gasteiger partial charge is 0.466 e. The summed E-state index contributed by atoms with van der Waals surface area (Å²) in [5.41, 5.74) is 0.205. The number of ether oxygens (including phenoxy) is 1. The Balaban J connectivity index is 2.23. The Morgan fingerprint density at radius 3 is 2.80 bits per heavy atom. The third kappa shape index (κ3) is 3.09. The van der Waals surface area contributed by atoms with E-state index in [9.17, 15) is 18.0 Å². The number of pyridine rings is 1. The van der Waals surface area contributed by atoms with E-state index in [1.807, 2.05) is 0 Å². The summed E-state index contributed by atoms with van der Waals surface area (Å²) in [4.78, 5) is 15.3. The molecular formula is C13H13F3N2O2. The molecule has 0 unspecified atom stereocenters. The summed E-state index contributed by atoms with van der Waals surface area (Å²) in [5, 5.41) is 0. The Morgan fingerprint density at radius 1 is 1.40 bits per heavy atom. The smallest absolute Gasteiger partial charge is 0.417 e. The van der Waals surface area contributed by atoms with Gasteiger partial charge in [0.05, 0.1) is 18.6 Å². The zero-order valence-electron chi connectivity index (χ0n) is 10.8. The van der Waals surface area contributed by atoms with Crippen molar-refractivity contribution in [3.05, 3.63) is 35.8 Å². The molecule has 0 fully saturated rings. The maximum Gasteiger partial charge on any atom is 0.417 e. The number of rotatable bonds is 4. The first-order valence-electron chi connectivity index (χ1n) is 6.10. The molecule has 0 spiro atoms. The number of nitrogens with zero attached hydrogens (tertiary/aromatic N) is 2. The number of esters is 1. The Hall–Kier alpha value is -2.05. The molecule has 0 bridgehead atoms. The number of aryl methyl sites for hydroxylation is 1. The van der Waals surface area contributed by atoms with E-state index in [2.05, 4.69) is 4.98 Å². The van der Waals surface area contributed by atoms with Gasteiger partial charge >= 0.3 is 12.1 Å². The lowest BCUT2D eigenvalue weighted by atomic mass is 10.2. The summed E-state index contributed by atoms with van der Waals surface area (Å²) in [5.74, 6) is -0.380. The van der Waals surface area contributed by atoms with Gasteiger partial charge in [-0.1, -0.05) is 0 Å². The number of hydrogen-bond acceptors (Lipinski definition) is 3. The van der Waals surface area contributed by atoms with Crippen molar-refractivity contribution in [2.24, 2.45) is 0 Å². The average Bonchev–Trinajstić information content (AvgIpc) is 2.78. The molecule has 4 nitrogen and oxygen atoms in total. The topological polar surface area (TPSA) is 43.6 Å². The number of fused-ring (bicyclic) bond motifs is 1. The number of hydrogen-bond donors (Lipinski definition) is 0. The van der Waals surface area contributed by atoms with Crippen LogP contribution in [0, 0.1) is 0 Å². The van der Waals surface area contributed by atoms with Crippen LogP contribution < -0.4 is 0 Å². The van der Waals surface area contributed by atoms with Gasteiger partial charge in [-0.3, -0.25) is 4.79 Å². The highest BCUT2D eigenvalue weighted by Crippen LogP contribution is 2.29. The number of carbonyl (C=O) groups excluding carboxylic acids is 1. The fraction of sp³-hybridized carbons (Fsp3) is 0.385. The summed E-state index contributed by atoms with van der Waals surface area (Å²) < 4.78 is 44.1. The fourth-order valence-electron chi connectivity index (χ4n) is 1.85. The SMILES string of the molecule is CCOC(=O)CCc1cnc2ccc(C(F)(F)F)cn12. The van der Waals surface area contributed by atoms with Gasteiger partial charge in [-0.05, 0) is 19.1 Å². The van der Waals surface area contributed by atoms with Crippen molar-refractivity contribution < 1.29 is 22.7 Å². The van der Waals surface area contributed by atoms with Gasteiger partial charge < -0.3 is 9.14 Å². The summed E-state index contributed by atoms with van der Waals surface area (Å²) in [7, 11) is 0. The molecule has 0 aliphatic heterocycles.